The van der Waals surface area contributed by atoms with Gasteiger partial charge in [-0.1, -0.05) is 22.9 Å². The zero-order chi connectivity index (χ0) is 11.8. The van der Waals surface area contributed by atoms with Gasteiger partial charge in [0.05, 0.1) is 5.52 Å². The molecule has 0 amide bonds. The van der Waals surface area contributed by atoms with E-state index in [0.717, 1.165) is 29.0 Å². The summed E-state index contributed by atoms with van der Waals surface area (Å²) < 4.78 is 1.09. The number of hydrogen-bond donors (Lipinski definition) is 0. The number of fused-ring (bicyclic) bond motifs is 1. The zero-order valence-electron chi connectivity index (χ0n) is 9.86. The van der Waals surface area contributed by atoms with Gasteiger partial charge in [0.1, 0.15) is 0 Å². The lowest BCUT2D eigenvalue weighted by atomic mass is 10.1. The summed E-state index contributed by atoms with van der Waals surface area (Å²) in [5.74, 6) is 0.800. The van der Waals surface area contributed by atoms with Crippen molar-refractivity contribution in [2.75, 3.05) is 18.0 Å². The van der Waals surface area contributed by atoms with Gasteiger partial charge in [0.15, 0.2) is 0 Å². The molecule has 1 aliphatic heterocycles. The van der Waals surface area contributed by atoms with Crippen LogP contribution >= 0.6 is 15.9 Å². The largest absolute Gasteiger partial charge is 0.371 e. The predicted octanol–water partition coefficient (Wildman–Crippen LogP) is 3.84. The van der Waals surface area contributed by atoms with Crippen LogP contribution in [0.25, 0.3) is 10.9 Å². The maximum atomic E-state index is 4.44. The fraction of sp³-hybridized carbons (Fsp3) is 0.357. The maximum absolute atomic E-state index is 4.44. The topological polar surface area (TPSA) is 16.1 Å². The number of anilines is 1. The van der Waals surface area contributed by atoms with E-state index in [1.165, 1.54) is 17.5 Å². The van der Waals surface area contributed by atoms with Crippen LogP contribution < -0.4 is 4.90 Å². The van der Waals surface area contributed by atoms with Gasteiger partial charge in [0.25, 0.3) is 0 Å². The zero-order valence-corrected chi connectivity index (χ0v) is 11.4. The number of nitrogens with zero attached hydrogens (tertiary/aromatic N) is 2. The molecule has 2 heterocycles. The Kier molecular flexibility index (Phi) is 2.79. The Morgan fingerprint density at radius 1 is 1.35 bits per heavy atom. The molecular formula is C14H15BrN2. The third kappa shape index (κ3) is 2.04. The second kappa shape index (κ2) is 4.30. The van der Waals surface area contributed by atoms with Crippen molar-refractivity contribution in [1.82, 2.24) is 4.98 Å². The van der Waals surface area contributed by atoms with Gasteiger partial charge in [0.2, 0.25) is 0 Å². The first-order valence-electron chi connectivity index (χ1n) is 6.03. The van der Waals surface area contributed by atoms with E-state index in [1.807, 2.05) is 6.20 Å². The summed E-state index contributed by atoms with van der Waals surface area (Å²) >= 11 is 3.50. The molecule has 88 valence electrons. The van der Waals surface area contributed by atoms with Gasteiger partial charge in [-0.25, -0.2) is 0 Å². The van der Waals surface area contributed by atoms with Gasteiger partial charge in [-0.2, -0.15) is 0 Å². The number of hydrogen-bond acceptors (Lipinski definition) is 2. The first-order valence-corrected chi connectivity index (χ1v) is 6.82. The average molecular weight is 291 g/mol. The van der Waals surface area contributed by atoms with Crippen molar-refractivity contribution in [3.8, 4) is 0 Å². The van der Waals surface area contributed by atoms with E-state index in [2.05, 4.69) is 57.0 Å². The normalized spacial score (nSPS) is 20.1. The Bertz CT molecular complexity index is 553. The Labute approximate surface area is 110 Å². The highest BCUT2D eigenvalue weighted by atomic mass is 79.9. The molecule has 1 aliphatic rings. The van der Waals surface area contributed by atoms with Gasteiger partial charge in [-0.15, -0.1) is 0 Å². The number of halogens is 1. The molecule has 0 radical (unpaired) electrons. The van der Waals surface area contributed by atoms with Crippen molar-refractivity contribution in [3.63, 3.8) is 0 Å². The molecule has 3 rings (SSSR count). The second-order valence-corrected chi connectivity index (χ2v) is 5.75. The van der Waals surface area contributed by atoms with Gasteiger partial charge < -0.3 is 4.90 Å². The Balaban J connectivity index is 2.10. The summed E-state index contributed by atoms with van der Waals surface area (Å²) in [6.07, 6.45) is 3.20. The molecule has 0 spiro atoms. The maximum Gasteiger partial charge on any atom is 0.0734 e. The smallest absolute Gasteiger partial charge is 0.0734 e. The molecule has 0 N–H and O–H groups in total. The standard InChI is InChI=1S/C14H15BrN2/c1-10-5-7-17(9-10)14-4-6-16-13-8-11(15)2-3-12(13)14/h2-4,6,8,10H,5,7,9H2,1H3. The van der Waals surface area contributed by atoms with Crippen LogP contribution in [0, 0.1) is 5.92 Å². The fourth-order valence-corrected chi connectivity index (χ4v) is 2.88. The first-order chi connectivity index (χ1) is 8.24. The molecule has 0 saturated carbocycles. The number of aromatic nitrogens is 1. The number of benzene rings is 1. The van der Waals surface area contributed by atoms with Crippen molar-refractivity contribution in [2.24, 2.45) is 5.92 Å². The third-order valence-electron chi connectivity index (χ3n) is 3.45. The van der Waals surface area contributed by atoms with E-state index < -0.39 is 0 Å². The van der Waals surface area contributed by atoms with E-state index in [9.17, 15) is 0 Å². The van der Waals surface area contributed by atoms with Crippen LogP contribution in [0.1, 0.15) is 13.3 Å². The van der Waals surface area contributed by atoms with E-state index in [1.54, 1.807) is 0 Å². The quantitative estimate of drug-likeness (QED) is 0.793. The monoisotopic (exact) mass is 290 g/mol. The third-order valence-corrected chi connectivity index (χ3v) is 3.94. The highest BCUT2D eigenvalue weighted by molar-refractivity contribution is 9.10. The lowest BCUT2D eigenvalue weighted by Crippen LogP contribution is -2.19. The molecule has 1 saturated heterocycles. The minimum atomic E-state index is 0.800. The molecule has 1 unspecified atom stereocenters. The summed E-state index contributed by atoms with van der Waals surface area (Å²) in [5.41, 5.74) is 2.39. The van der Waals surface area contributed by atoms with E-state index in [0.29, 0.717) is 0 Å². The van der Waals surface area contributed by atoms with Crippen molar-refractivity contribution in [1.29, 1.82) is 0 Å². The van der Waals surface area contributed by atoms with Gasteiger partial charge in [-0.3, -0.25) is 4.98 Å². The molecule has 1 atom stereocenters. The summed E-state index contributed by atoms with van der Waals surface area (Å²) in [6.45, 7) is 4.64. The van der Waals surface area contributed by atoms with Crippen molar-refractivity contribution >= 4 is 32.5 Å². The van der Waals surface area contributed by atoms with E-state index in [4.69, 9.17) is 0 Å². The van der Waals surface area contributed by atoms with Crippen LogP contribution in [0.5, 0.6) is 0 Å². The lowest BCUT2D eigenvalue weighted by Gasteiger charge is -2.20. The molecule has 1 fully saturated rings. The molecular weight excluding hydrogens is 276 g/mol. The number of rotatable bonds is 1. The fourth-order valence-electron chi connectivity index (χ4n) is 2.54. The van der Waals surface area contributed by atoms with Crippen molar-refractivity contribution in [3.05, 3.63) is 34.9 Å². The van der Waals surface area contributed by atoms with Gasteiger partial charge in [-0.05, 0) is 36.6 Å². The highest BCUT2D eigenvalue weighted by Gasteiger charge is 2.20. The Morgan fingerprint density at radius 2 is 2.24 bits per heavy atom. The van der Waals surface area contributed by atoms with E-state index >= 15 is 0 Å². The molecule has 2 aromatic rings. The molecule has 0 bridgehead atoms. The van der Waals surface area contributed by atoms with Crippen LogP contribution in [0.15, 0.2) is 34.9 Å². The van der Waals surface area contributed by atoms with Crippen molar-refractivity contribution in [2.45, 2.75) is 13.3 Å². The van der Waals surface area contributed by atoms with E-state index in [-0.39, 0.29) is 0 Å². The summed E-state index contributed by atoms with van der Waals surface area (Å²) in [4.78, 5) is 6.91. The first kappa shape index (κ1) is 11.0. The van der Waals surface area contributed by atoms with Crippen LogP contribution in [0.3, 0.4) is 0 Å². The Hall–Kier alpha value is -1.09. The lowest BCUT2D eigenvalue weighted by molar-refractivity contribution is 0.659. The van der Waals surface area contributed by atoms with Gasteiger partial charge in [0, 0.05) is 34.8 Å². The molecule has 17 heavy (non-hydrogen) atoms. The summed E-state index contributed by atoms with van der Waals surface area (Å²) in [6, 6.07) is 8.46. The summed E-state index contributed by atoms with van der Waals surface area (Å²) in [5, 5.41) is 1.25. The average Bonchev–Trinajstić information content (AvgIpc) is 2.74. The number of pyridine rings is 1. The summed E-state index contributed by atoms with van der Waals surface area (Å²) in [7, 11) is 0. The van der Waals surface area contributed by atoms with Crippen LogP contribution in [0.2, 0.25) is 0 Å². The SMILES string of the molecule is CC1CCN(c2ccnc3cc(Br)ccc23)C1. The second-order valence-electron chi connectivity index (χ2n) is 4.83. The highest BCUT2D eigenvalue weighted by Crippen LogP contribution is 2.30. The van der Waals surface area contributed by atoms with Crippen molar-refractivity contribution < 1.29 is 0 Å². The minimum absolute atomic E-state index is 0.800. The molecule has 1 aromatic heterocycles. The molecule has 0 aliphatic carbocycles. The minimum Gasteiger partial charge on any atom is -0.371 e. The van der Waals surface area contributed by atoms with Gasteiger partial charge >= 0.3 is 0 Å². The predicted molar refractivity (Wildman–Crippen MR) is 75.4 cm³/mol. The Morgan fingerprint density at radius 3 is 3.00 bits per heavy atom. The van der Waals surface area contributed by atoms with Crippen LogP contribution in [-0.2, 0) is 0 Å². The molecule has 1 aromatic carbocycles. The van der Waals surface area contributed by atoms with Crippen LogP contribution in [-0.4, -0.2) is 18.1 Å². The molecule has 2 nitrogen and oxygen atoms in total. The van der Waals surface area contributed by atoms with Crippen LogP contribution in [0.4, 0.5) is 5.69 Å². The molecule has 3 heteroatoms.